The maximum absolute atomic E-state index is 13.6. The minimum absolute atomic E-state index is 0.0348. The summed E-state index contributed by atoms with van der Waals surface area (Å²) in [6, 6.07) is 7.77. The van der Waals surface area contributed by atoms with Crippen LogP contribution in [0.3, 0.4) is 0 Å². The average molecular weight is 442 g/mol. The molecule has 0 spiro atoms. The molecule has 0 amide bonds. The van der Waals surface area contributed by atoms with Gasteiger partial charge in [-0.15, -0.1) is 0 Å². The van der Waals surface area contributed by atoms with Gasteiger partial charge in [-0.25, -0.2) is 17.8 Å². The lowest BCUT2D eigenvalue weighted by molar-refractivity contribution is 0.312. The van der Waals surface area contributed by atoms with Gasteiger partial charge in [-0.1, -0.05) is 0 Å². The van der Waals surface area contributed by atoms with E-state index >= 15 is 0 Å². The standard InChI is InChI=1S/C22H24FN5O2S/c1-15-10-19(5-6-20(15)23)31(29,30)28-9-3-4-17(14-28)21-12-18(11-16(2)26-21)27-22-13-24-7-8-25-22/h5-8,10-13,17H,3-4,9,14H2,1-2H3,(H,25,26,27)/t17-/m1/s1. The van der Waals surface area contributed by atoms with Crippen LogP contribution in [-0.4, -0.2) is 40.8 Å². The van der Waals surface area contributed by atoms with Gasteiger partial charge in [0.25, 0.3) is 0 Å². The van der Waals surface area contributed by atoms with E-state index in [9.17, 15) is 12.8 Å². The van der Waals surface area contributed by atoms with Gasteiger partial charge in [0, 0.05) is 48.5 Å². The summed E-state index contributed by atoms with van der Waals surface area (Å²) in [4.78, 5) is 13.1. The molecule has 1 atom stereocenters. The Morgan fingerprint density at radius 3 is 2.74 bits per heavy atom. The van der Waals surface area contributed by atoms with Crippen molar-refractivity contribution in [1.29, 1.82) is 0 Å². The molecular formula is C22H24FN5O2S. The maximum Gasteiger partial charge on any atom is 0.243 e. The van der Waals surface area contributed by atoms with Gasteiger partial charge in [-0.2, -0.15) is 4.31 Å². The minimum atomic E-state index is -3.71. The largest absolute Gasteiger partial charge is 0.339 e. The van der Waals surface area contributed by atoms with E-state index in [-0.39, 0.29) is 10.8 Å². The van der Waals surface area contributed by atoms with E-state index < -0.39 is 15.8 Å². The van der Waals surface area contributed by atoms with Crippen molar-refractivity contribution in [3.63, 3.8) is 0 Å². The second-order valence-corrected chi connectivity index (χ2v) is 9.69. The van der Waals surface area contributed by atoms with Crippen LogP contribution in [0, 0.1) is 19.7 Å². The summed E-state index contributed by atoms with van der Waals surface area (Å²) >= 11 is 0. The molecule has 9 heteroatoms. The summed E-state index contributed by atoms with van der Waals surface area (Å²) in [6.07, 6.45) is 6.42. The lowest BCUT2D eigenvalue weighted by Gasteiger charge is -2.32. The molecule has 0 bridgehead atoms. The summed E-state index contributed by atoms with van der Waals surface area (Å²) in [5.41, 5.74) is 2.81. The van der Waals surface area contributed by atoms with Gasteiger partial charge in [-0.05, 0) is 62.6 Å². The molecular weight excluding hydrogens is 417 g/mol. The molecule has 3 heterocycles. The highest BCUT2D eigenvalue weighted by atomic mass is 32.2. The zero-order valence-electron chi connectivity index (χ0n) is 17.4. The molecule has 1 aliphatic rings. The number of pyridine rings is 1. The first-order valence-electron chi connectivity index (χ1n) is 10.1. The van der Waals surface area contributed by atoms with Crippen LogP contribution >= 0.6 is 0 Å². The molecule has 3 aromatic rings. The third-order valence-electron chi connectivity index (χ3n) is 5.38. The Bertz CT molecular complexity index is 1190. The van der Waals surface area contributed by atoms with Gasteiger partial charge in [-0.3, -0.25) is 9.97 Å². The Hall–Kier alpha value is -2.91. The fourth-order valence-electron chi connectivity index (χ4n) is 3.82. The Balaban J connectivity index is 1.57. The predicted octanol–water partition coefficient (Wildman–Crippen LogP) is 3.94. The molecule has 7 nitrogen and oxygen atoms in total. The molecule has 0 radical (unpaired) electrons. The number of aryl methyl sites for hydroxylation is 2. The third kappa shape index (κ3) is 4.72. The van der Waals surface area contributed by atoms with Gasteiger partial charge < -0.3 is 5.32 Å². The molecule has 0 saturated carbocycles. The topological polar surface area (TPSA) is 88.1 Å². The third-order valence-corrected chi connectivity index (χ3v) is 7.24. The van der Waals surface area contributed by atoms with E-state index in [1.807, 2.05) is 19.1 Å². The van der Waals surface area contributed by atoms with E-state index in [0.717, 1.165) is 29.9 Å². The van der Waals surface area contributed by atoms with Crippen molar-refractivity contribution in [2.75, 3.05) is 18.4 Å². The van der Waals surface area contributed by atoms with Gasteiger partial charge in [0.2, 0.25) is 10.0 Å². The Labute approximate surface area is 181 Å². The highest BCUT2D eigenvalue weighted by Gasteiger charge is 2.32. The predicted molar refractivity (Wildman–Crippen MR) is 116 cm³/mol. The lowest BCUT2D eigenvalue weighted by atomic mass is 9.95. The number of aromatic nitrogens is 3. The Kier molecular flexibility index (Phi) is 5.97. The van der Waals surface area contributed by atoms with Crippen LogP contribution in [0.2, 0.25) is 0 Å². The van der Waals surface area contributed by atoms with Crippen molar-refractivity contribution in [2.24, 2.45) is 0 Å². The smallest absolute Gasteiger partial charge is 0.243 e. The molecule has 4 rings (SSSR count). The first kappa shape index (κ1) is 21.3. The van der Waals surface area contributed by atoms with E-state index in [4.69, 9.17) is 0 Å². The quantitative estimate of drug-likeness (QED) is 0.645. The van der Waals surface area contributed by atoms with Crippen molar-refractivity contribution in [1.82, 2.24) is 19.3 Å². The molecule has 162 valence electrons. The summed E-state index contributed by atoms with van der Waals surface area (Å²) < 4.78 is 41.4. The maximum atomic E-state index is 13.6. The number of halogens is 1. The van der Waals surface area contributed by atoms with Crippen molar-refractivity contribution < 1.29 is 12.8 Å². The molecule has 0 unspecified atom stereocenters. The normalized spacial score (nSPS) is 17.5. The van der Waals surface area contributed by atoms with Crippen LogP contribution in [-0.2, 0) is 10.0 Å². The van der Waals surface area contributed by atoms with E-state index in [1.54, 1.807) is 25.5 Å². The van der Waals surface area contributed by atoms with Crippen LogP contribution < -0.4 is 5.32 Å². The number of rotatable bonds is 5. The fraction of sp³-hybridized carbons (Fsp3) is 0.318. The number of nitrogens with one attached hydrogen (secondary N) is 1. The van der Waals surface area contributed by atoms with Crippen LogP contribution in [0.5, 0.6) is 0 Å². The summed E-state index contributed by atoms with van der Waals surface area (Å²) in [6.45, 7) is 4.24. The number of benzene rings is 1. The zero-order valence-corrected chi connectivity index (χ0v) is 18.2. The minimum Gasteiger partial charge on any atom is -0.339 e. The Morgan fingerprint density at radius 2 is 2.00 bits per heavy atom. The molecule has 1 fully saturated rings. The summed E-state index contributed by atoms with van der Waals surface area (Å²) in [5, 5.41) is 3.22. The molecule has 31 heavy (non-hydrogen) atoms. The molecule has 1 saturated heterocycles. The summed E-state index contributed by atoms with van der Waals surface area (Å²) in [7, 11) is -3.71. The number of hydrogen-bond acceptors (Lipinski definition) is 6. The number of anilines is 2. The van der Waals surface area contributed by atoms with Gasteiger partial charge in [0.15, 0.2) is 0 Å². The fourth-order valence-corrected chi connectivity index (χ4v) is 5.43. The molecule has 1 aliphatic heterocycles. The monoisotopic (exact) mass is 441 g/mol. The highest BCUT2D eigenvalue weighted by molar-refractivity contribution is 7.89. The van der Waals surface area contributed by atoms with Crippen molar-refractivity contribution in [3.8, 4) is 0 Å². The van der Waals surface area contributed by atoms with Crippen LogP contribution in [0.25, 0.3) is 0 Å². The van der Waals surface area contributed by atoms with Gasteiger partial charge in [0.1, 0.15) is 11.6 Å². The first-order valence-corrected chi connectivity index (χ1v) is 11.5. The van der Waals surface area contributed by atoms with Crippen molar-refractivity contribution in [3.05, 3.63) is 71.7 Å². The van der Waals surface area contributed by atoms with E-state index in [0.29, 0.717) is 24.5 Å². The second kappa shape index (κ2) is 8.68. The van der Waals surface area contributed by atoms with E-state index in [2.05, 4.69) is 20.3 Å². The zero-order chi connectivity index (χ0) is 22.0. The number of nitrogens with zero attached hydrogens (tertiary/aromatic N) is 4. The van der Waals surface area contributed by atoms with Gasteiger partial charge >= 0.3 is 0 Å². The molecule has 1 N–H and O–H groups in total. The van der Waals surface area contributed by atoms with Crippen LogP contribution in [0.1, 0.15) is 35.7 Å². The van der Waals surface area contributed by atoms with Crippen molar-refractivity contribution in [2.45, 2.75) is 37.5 Å². The average Bonchev–Trinajstić information content (AvgIpc) is 2.76. The van der Waals surface area contributed by atoms with Crippen molar-refractivity contribution >= 4 is 21.5 Å². The summed E-state index contributed by atoms with van der Waals surface area (Å²) in [5.74, 6) is 0.175. The Morgan fingerprint density at radius 1 is 1.16 bits per heavy atom. The number of hydrogen-bond donors (Lipinski definition) is 1. The first-order chi connectivity index (χ1) is 14.8. The SMILES string of the molecule is Cc1cc(Nc2cnccn2)cc([C@@H]2CCCN(S(=O)(=O)c3ccc(F)c(C)c3)C2)n1. The van der Waals surface area contributed by atoms with Crippen LogP contribution in [0.4, 0.5) is 15.9 Å². The molecule has 2 aromatic heterocycles. The number of piperidine rings is 1. The molecule has 1 aromatic carbocycles. The lowest BCUT2D eigenvalue weighted by Crippen LogP contribution is -2.39. The molecule has 0 aliphatic carbocycles. The van der Waals surface area contributed by atoms with E-state index in [1.165, 1.54) is 22.5 Å². The second-order valence-electron chi connectivity index (χ2n) is 7.75. The van der Waals surface area contributed by atoms with Gasteiger partial charge in [0.05, 0.1) is 11.1 Å². The van der Waals surface area contributed by atoms with Crippen LogP contribution in [0.15, 0.2) is 53.8 Å². The number of sulfonamides is 1. The highest BCUT2D eigenvalue weighted by Crippen LogP contribution is 2.31.